The van der Waals surface area contributed by atoms with Gasteiger partial charge in [0.05, 0.1) is 0 Å². The molecule has 0 aliphatic rings. The van der Waals surface area contributed by atoms with Gasteiger partial charge < -0.3 is 0 Å². The van der Waals surface area contributed by atoms with Crippen LogP contribution in [0, 0.1) is 6.92 Å². The third-order valence-electron chi connectivity index (χ3n) is 3.56. The lowest BCUT2D eigenvalue weighted by Crippen LogP contribution is -1.85. The zero-order chi connectivity index (χ0) is 14.9. The van der Waals surface area contributed by atoms with E-state index in [0.29, 0.717) is 0 Å². The first kappa shape index (κ1) is 16.5. The molecular formula is C19H24S2. The molecule has 0 aromatic heterocycles. The van der Waals surface area contributed by atoms with Crippen LogP contribution >= 0.6 is 21.6 Å². The molecule has 21 heavy (non-hydrogen) atoms. The predicted molar refractivity (Wildman–Crippen MR) is 97.2 cm³/mol. The average molecular weight is 317 g/mol. The van der Waals surface area contributed by atoms with Crippen molar-refractivity contribution in [3.05, 3.63) is 59.7 Å². The van der Waals surface area contributed by atoms with Crippen LogP contribution < -0.4 is 0 Å². The number of benzene rings is 2. The monoisotopic (exact) mass is 316 g/mol. The van der Waals surface area contributed by atoms with Gasteiger partial charge in [-0.1, -0.05) is 78.1 Å². The standard InChI is InChI=1S/C19H24S2/c1-3-4-5-6-10-17-12-14-18(15-13-17)20-21-19-11-8-7-9-16(19)2/h7-9,11-15H,3-6,10H2,1-2H3. The van der Waals surface area contributed by atoms with Crippen molar-refractivity contribution in [2.45, 2.75) is 55.7 Å². The highest BCUT2D eigenvalue weighted by Gasteiger charge is 2.01. The number of hydrogen-bond acceptors (Lipinski definition) is 2. The van der Waals surface area contributed by atoms with Gasteiger partial charge in [0, 0.05) is 9.79 Å². The molecule has 0 saturated heterocycles. The third kappa shape index (κ3) is 5.80. The van der Waals surface area contributed by atoms with E-state index in [1.807, 2.05) is 21.6 Å². The Morgan fingerprint density at radius 1 is 0.810 bits per heavy atom. The van der Waals surface area contributed by atoms with Crippen LogP contribution in [0.3, 0.4) is 0 Å². The highest BCUT2D eigenvalue weighted by molar-refractivity contribution is 8.76. The summed E-state index contributed by atoms with van der Waals surface area (Å²) in [6.07, 6.45) is 6.57. The van der Waals surface area contributed by atoms with Crippen LogP contribution in [-0.4, -0.2) is 0 Å². The maximum atomic E-state index is 2.28. The van der Waals surface area contributed by atoms with Crippen molar-refractivity contribution >= 4 is 21.6 Å². The van der Waals surface area contributed by atoms with Crippen LogP contribution in [0.25, 0.3) is 0 Å². The molecule has 0 atom stereocenters. The fraction of sp³-hybridized carbons (Fsp3) is 0.368. The minimum atomic E-state index is 1.22. The van der Waals surface area contributed by atoms with E-state index in [2.05, 4.69) is 62.4 Å². The van der Waals surface area contributed by atoms with Gasteiger partial charge >= 0.3 is 0 Å². The van der Waals surface area contributed by atoms with E-state index in [1.165, 1.54) is 53.0 Å². The van der Waals surface area contributed by atoms with Gasteiger partial charge in [0.15, 0.2) is 0 Å². The topological polar surface area (TPSA) is 0 Å². The molecule has 0 fully saturated rings. The van der Waals surface area contributed by atoms with Gasteiger partial charge in [-0.2, -0.15) is 0 Å². The summed E-state index contributed by atoms with van der Waals surface area (Å²) in [6, 6.07) is 17.6. The molecule has 0 unspecified atom stereocenters. The van der Waals surface area contributed by atoms with E-state index in [0.717, 1.165) is 0 Å². The highest BCUT2D eigenvalue weighted by atomic mass is 33.1. The highest BCUT2D eigenvalue weighted by Crippen LogP contribution is 2.38. The fourth-order valence-corrected chi connectivity index (χ4v) is 4.43. The van der Waals surface area contributed by atoms with Gasteiger partial charge in [0.25, 0.3) is 0 Å². The van der Waals surface area contributed by atoms with Gasteiger partial charge in [-0.25, -0.2) is 0 Å². The minimum Gasteiger partial charge on any atom is -0.0654 e. The second-order valence-corrected chi connectivity index (χ2v) is 7.63. The van der Waals surface area contributed by atoms with Gasteiger partial charge in [-0.3, -0.25) is 0 Å². The number of hydrogen-bond donors (Lipinski definition) is 0. The summed E-state index contributed by atoms with van der Waals surface area (Å²) in [5, 5.41) is 0. The zero-order valence-corrected chi connectivity index (χ0v) is 14.6. The molecule has 0 saturated carbocycles. The lowest BCUT2D eigenvalue weighted by Gasteiger charge is -2.06. The summed E-state index contributed by atoms with van der Waals surface area (Å²) in [7, 11) is 3.69. The first-order valence-electron chi connectivity index (χ1n) is 7.78. The van der Waals surface area contributed by atoms with Crippen LogP contribution in [0.4, 0.5) is 0 Å². The van der Waals surface area contributed by atoms with Crippen molar-refractivity contribution in [1.29, 1.82) is 0 Å². The first-order valence-corrected chi connectivity index (χ1v) is 9.93. The van der Waals surface area contributed by atoms with Crippen LogP contribution in [0.5, 0.6) is 0 Å². The Morgan fingerprint density at radius 2 is 1.57 bits per heavy atom. The summed E-state index contributed by atoms with van der Waals surface area (Å²) in [5.74, 6) is 0. The molecule has 2 aromatic carbocycles. The maximum Gasteiger partial charge on any atom is 0.0215 e. The molecule has 2 rings (SSSR count). The Labute approximate surface area is 137 Å². The van der Waals surface area contributed by atoms with Gasteiger partial charge in [0.1, 0.15) is 0 Å². The number of unbranched alkanes of at least 4 members (excludes halogenated alkanes) is 3. The smallest absolute Gasteiger partial charge is 0.0215 e. The SMILES string of the molecule is CCCCCCc1ccc(SSc2ccccc2C)cc1. The third-order valence-corrected chi connectivity index (χ3v) is 6.12. The van der Waals surface area contributed by atoms with E-state index in [1.54, 1.807) is 0 Å². The Morgan fingerprint density at radius 3 is 2.29 bits per heavy atom. The molecule has 0 aliphatic carbocycles. The van der Waals surface area contributed by atoms with E-state index in [9.17, 15) is 0 Å². The first-order chi connectivity index (χ1) is 10.3. The molecule has 0 radical (unpaired) electrons. The van der Waals surface area contributed by atoms with Gasteiger partial charge in [-0.05, 0) is 49.1 Å². The van der Waals surface area contributed by atoms with E-state index in [4.69, 9.17) is 0 Å². The molecule has 2 heteroatoms. The quantitative estimate of drug-likeness (QED) is 0.383. The second-order valence-electron chi connectivity index (χ2n) is 5.39. The summed E-state index contributed by atoms with van der Waals surface area (Å²) in [6.45, 7) is 4.43. The van der Waals surface area contributed by atoms with E-state index < -0.39 is 0 Å². The normalized spacial score (nSPS) is 10.8. The van der Waals surface area contributed by atoms with E-state index in [-0.39, 0.29) is 0 Å². The van der Waals surface area contributed by atoms with Gasteiger partial charge in [0.2, 0.25) is 0 Å². The summed E-state index contributed by atoms with van der Waals surface area (Å²) in [4.78, 5) is 2.69. The molecule has 0 N–H and O–H groups in total. The van der Waals surface area contributed by atoms with Crippen LogP contribution in [-0.2, 0) is 6.42 Å². The average Bonchev–Trinajstić information content (AvgIpc) is 2.52. The maximum absolute atomic E-state index is 2.28. The molecule has 0 nitrogen and oxygen atoms in total. The van der Waals surface area contributed by atoms with Crippen molar-refractivity contribution in [2.75, 3.05) is 0 Å². The second kappa shape index (κ2) is 9.22. The Balaban J connectivity index is 1.81. The minimum absolute atomic E-state index is 1.22. The molecule has 2 aromatic rings. The van der Waals surface area contributed by atoms with Crippen molar-refractivity contribution in [3.8, 4) is 0 Å². The fourth-order valence-electron chi connectivity index (χ4n) is 2.21. The Kier molecular flexibility index (Phi) is 7.25. The van der Waals surface area contributed by atoms with Crippen LogP contribution in [0.15, 0.2) is 58.3 Å². The van der Waals surface area contributed by atoms with Crippen molar-refractivity contribution in [3.63, 3.8) is 0 Å². The van der Waals surface area contributed by atoms with Crippen LogP contribution in [0.1, 0.15) is 43.7 Å². The number of aryl methyl sites for hydroxylation is 2. The lowest BCUT2D eigenvalue weighted by molar-refractivity contribution is 0.667. The predicted octanol–water partition coefficient (Wildman–Crippen LogP) is 6.92. The Bertz CT molecular complexity index is 532. The van der Waals surface area contributed by atoms with Crippen molar-refractivity contribution in [2.24, 2.45) is 0 Å². The largest absolute Gasteiger partial charge is 0.0654 e. The molecular weight excluding hydrogens is 292 g/mol. The summed E-state index contributed by atoms with van der Waals surface area (Å²) in [5.41, 5.74) is 2.82. The molecule has 112 valence electrons. The molecule has 0 spiro atoms. The lowest BCUT2D eigenvalue weighted by atomic mass is 10.1. The number of rotatable bonds is 8. The molecule has 0 amide bonds. The molecule has 0 heterocycles. The van der Waals surface area contributed by atoms with E-state index >= 15 is 0 Å². The summed E-state index contributed by atoms with van der Waals surface area (Å²) >= 11 is 0. The molecule has 0 bridgehead atoms. The summed E-state index contributed by atoms with van der Waals surface area (Å²) < 4.78 is 0. The molecule has 0 aliphatic heterocycles. The van der Waals surface area contributed by atoms with Crippen molar-refractivity contribution in [1.82, 2.24) is 0 Å². The Hall–Kier alpha value is -0.860. The van der Waals surface area contributed by atoms with Crippen molar-refractivity contribution < 1.29 is 0 Å². The van der Waals surface area contributed by atoms with Gasteiger partial charge in [-0.15, -0.1) is 0 Å². The zero-order valence-electron chi connectivity index (χ0n) is 13.0. The van der Waals surface area contributed by atoms with Crippen LogP contribution in [0.2, 0.25) is 0 Å².